The van der Waals surface area contributed by atoms with Crippen LogP contribution < -0.4 is 15.5 Å². The van der Waals surface area contributed by atoms with Crippen molar-refractivity contribution in [2.24, 2.45) is 5.10 Å². The summed E-state index contributed by atoms with van der Waals surface area (Å²) in [4.78, 5) is 28.1. The van der Waals surface area contributed by atoms with E-state index in [1.807, 2.05) is 24.3 Å². The molecule has 0 bridgehead atoms. The number of carbonyl (C=O) groups excluding carboxylic acids is 2. The van der Waals surface area contributed by atoms with Gasteiger partial charge in [0.05, 0.1) is 24.5 Å². The second-order valence-electron chi connectivity index (χ2n) is 6.90. The van der Waals surface area contributed by atoms with Crippen molar-refractivity contribution in [3.05, 3.63) is 36.0 Å². The van der Waals surface area contributed by atoms with Crippen molar-refractivity contribution < 1.29 is 19.1 Å². The lowest BCUT2D eigenvalue weighted by molar-refractivity contribution is -0.122. The minimum atomic E-state index is -0.797. The van der Waals surface area contributed by atoms with Crippen molar-refractivity contribution in [1.82, 2.24) is 15.7 Å². The lowest BCUT2D eigenvalue weighted by Gasteiger charge is -2.21. The van der Waals surface area contributed by atoms with Crippen LogP contribution in [0.15, 0.2) is 35.4 Å². The van der Waals surface area contributed by atoms with Crippen LogP contribution in [0.25, 0.3) is 10.9 Å². The molecule has 0 aliphatic heterocycles. The van der Waals surface area contributed by atoms with Gasteiger partial charge in [-0.05, 0) is 52.0 Å². The second-order valence-corrected chi connectivity index (χ2v) is 6.90. The molecule has 2 rings (SSSR count). The molecule has 2 aromatic rings. The number of carbonyl (C=O) groups is 2. The zero-order valence-corrected chi connectivity index (χ0v) is 16.1. The van der Waals surface area contributed by atoms with Crippen LogP contribution in [0.2, 0.25) is 0 Å². The van der Waals surface area contributed by atoms with Crippen LogP contribution in [0.1, 0.15) is 33.4 Å². The summed E-state index contributed by atoms with van der Waals surface area (Å²) in [5, 5.41) is 7.26. The van der Waals surface area contributed by atoms with Gasteiger partial charge in [0.15, 0.2) is 0 Å². The summed E-state index contributed by atoms with van der Waals surface area (Å²) >= 11 is 0. The van der Waals surface area contributed by atoms with Crippen molar-refractivity contribution in [2.75, 3.05) is 7.11 Å². The van der Waals surface area contributed by atoms with Gasteiger partial charge in [-0.2, -0.15) is 5.10 Å². The van der Waals surface area contributed by atoms with Gasteiger partial charge in [-0.1, -0.05) is 6.07 Å². The number of ether oxygens (including phenoxy) is 2. The first-order chi connectivity index (χ1) is 12.7. The Labute approximate surface area is 157 Å². The summed E-state index contributed by atoms with van der Waals surface area (Å²) in [6, 6.07) is 8.42. The number of aromatic nitrogens is 1. The molecule has 2 amide bonds. The van der Waals surface area contributed by atoms with Gasteiger partial charge < -0.3 is 14.8 Å². The molecule has 0 saturated heterocycles. The number of amides is 2. The molecule has 27 heavy (non-hydrogen) atoms. The highest BCUT2D eigenvalue weighted by Crippen LogP contribution is 2.19. The van der Waals surface area contributed by atoms with E-state index in [1.165, 1.54) is 13.1 Å². The van der Waals surface area contributed by atoms with Crippen LogP contribution in [0.4, 0.5) is 4.79 Å². The van der Waals surface area contributed by atoms with Gasteiger partial charge >= 0.3 is 6.09 Å². The SMILES string of the molecule is COc1ccc2nc(C=NNC(=O)C(C)NC(=O)OC(C)(C)C)ccc2c1. The molecule has 0 spiro atoms. The van der Waals surface area contributed by atoms with Crippen LogP contribution in [-0.4, -0.2) is 42.0 Å². The molecule has 1 unspecified atom stereocenters. The highest BCUT2D eigenvalue weighted by Gasteiger charge is 2.20. The van der Waals surface area contributed by atoms with Crippen LogP contribution in [0.3, 0.4) is 0 Å². The number of hydrogen-bond acceptors (Lipinski definition) is 6. The molecule has 2 N–H and O–H groups in total. The minimum Gasteiger partial charge on any atom is -0.497 e. The molecule has 1 atom stereocenters. The normalized spacial score (nSPS) is 12.6. The third-order valence-electron chi connectivity index (χ3n) is 3.42. The van der Waals surface area contributed by atoms with Gasteiger partial charge in [0.25, 0.3) is 5.91 Å². The molecule has 0 radical (unpaired) electrons. The molecule has 144 valence electrons. The molecule has 0 fully saturated rings. The van der Waals surface area contributed by atoms with Crippen LogP contribution in [0.5, 0.6) is 5.75 Å². The van der Waals surface area contributed by atoms with Gasteiger partial charge in [-0.3, -0.25) is 4.79 Å². The molecule has 8 nitrogen and oxygen atoms in total. The number of nitrogens with one attached hydrogen (secondary N) is 2. The Morgan fingerprint density at radius 1 is 1.22 bits per heavy atom. The Morgan fingerprint density at radius 2 is 1.96 bits per heavy atom. The van der Waals surface area contributed by atoms with Gasteiger partial charge in [0.1, 0.15) is 17.4 Å². The van der Waals surface area contributed by atoms with Crippen LogP contribution in [-0.2, 0) is 9.53 Å². The maximum absolute atomic E-state index is 12.0. The van der Waals surface area contributed by atoms with E-state index in [9.17, 15) is 9.59 Å². The van der Waals surface area contributed by atoms with Gasteiger partial charge in [-0.25, -0.2) is 15.2 Å². The number of hydrazone groups is 1. The number of fused-ring (bicyclic) bond motifs is 1. The van der Waals surface area contributed by atoms with E-state index in [0.717, 1.165) is 16.7 Å². The van der Waals surface area contributed by atoms with Crippen molar-refractivity contribution in [1.29, 1.82) is 0 Å². The van der Waals surface area contributed by atoms with Gasteiger partial charge in [-0.15, -0.1) is 0 Å². The van der Waals surface area contributed by atoms with Crippen LogP contribution >= 0.6 is 0 Å². The first-order valence-corrected chi connectivity index (χ1v) is 8.45. The molecule has 0 saturated carbocycles. The predicted molar refractivity (Wildman–Crippen MR) is 103 cm³/mol. The molecule has 1 aromatic heterocycles. The molecular weight excluding hydrogens is 348 g/mol. The number of pyridine rings is 1. The second kappa shape index (κ2) is 8.48. The summed E-state index contributed by atoms with van der Waals surface area (Å²) in [5.74, 6) is 0.284. The Balaban J connectivity index is 1.93. The molecule has 0 aliphatic rings. The Bertz CT molecular complexity index is 858. The average molecular weight is 372 g/mol. The molecular formula is C19H24N4O4. The van der Waals surface area contributed by atoms with Crippen molar-refractivity contribution in [3.63, 3.8) is 0 Å². The first-order valence-electron chi connectivity index (χ1n) is 8.45. The number of nitrogens with zero attached hydrogens (tertiary/aromatic N) is 2. The molecule has 1 aromatic carbocycles. The number of rotatable bonds is 5. The molecule has 1 heterocycles. The summed E-state index contributed by atoms with van der Waals surface area (Å²) in [6.07, 6.45) is 0.766. The Morgan fingerprint density at radius 3 is 2.63 bits per heavy atom. The Hall–Kier alpha value is -3.16. The zero-order valence-electron chi connectivity index (χ0n) is 16.1. The number of alkyl carbamates (subject to hydrolysis) is 1. The number of benzene rings is 1. The van der Waals surface area contributed by atoms with E-state index in [-0.39, 0.29) is 0 Å². The lowest BCUT2D eigenvalue weighted by atomic mass is 10.2. The zero-order chi connectivity index (χ0) is 20.0. The summed E-state index contributed by atoms with van der Waals surface area (Å²) in [7, 11) is 1.61. The van der Waals surface area contributed by atoms with E-state index in [0.29, 0.717) is 5.69 Å². The average Bonchev–Trinajstić information content (AvgIpc) is 2.59. The number of methoxy groups -OCH3 is 1. The third-order valence-corrected chi connectivity index (χ3v) is 3.42. The monoisotopic (exact) mass is 372 g/mol. The molecule has 8 heteroatoms. The number of hydrogen-bond donors (Lipinski definition) is 2. The highest BCUT2D eigenvalue weighted by atomic mass is 16.6. The fourth-order valence-electron chi connectivity index (χ4n) is 2.13. The third kappa shape index (κ3) is 6.25. The van der Waals surface area contributed by atoms with E-state index >= 15 is 0 Å². The summed E-state index contributed by atoms with van der Waals surface area (Å²) in [5.41, 5.74) is 3.10. The maximum atomic E-state index is 12.0. The van der Waals surface area contributed by atoms with E-state index in [1.54, 1.807) is 33.9 Å². The lowest BCUT2D eigenvalue weighted by Crippen LogP contribution is -2.45. The topological polar surface area (TPSA) is 102 Å². The van der Waals surface area contributed by atoms with E-state index in [4.69, 9.17) is 9.47 Å². The maximum Gasteiger partial charge on any atom is 0.408 e. The molecule has 0 aliphatic carbocycles. The quantitative estimate of drug-likeness (QED) is 0.620. The van der Waals surface area contributed by atoms with Crippen molar-refractivity contribution in [3.8, 4) is 5.75 Å². The van der Waals surface area contributed by atoms with E-state index < -0.39 is 23.6 Å². The predicted octanol–water partition coefficient (Wildman–Crippen LogP) is 2.61. The Kier molecular flexibility index (Phi) is 6.33. The van der Waals surface area contributed by atoms with E-state index in [2.05, 4.69) is 20.8 Å². The summed E-state index contributed by atoms with van der Waals surface area (Å²) in [6.45, 7) is 6.77. The fraction of sp³-hybridized carbons (Fsp3) is 0.368. The smallest absolute Gasteiger partial charge is 0.408 e. The fourth-order valence-corrected chi connectivity index (χ4v) is 2.13. The van der Waals surface area contributed by atoms with Crippen LogP contribution in [0, 0.1) is 0 Å². The largest absolute Gasteiger partial charge is 0.497 e. The van der Waals surface area contributed by atoms with Crippen molar-refractivity contribution in [2.45, 2.75) is 39.3 Å². The van der Waals surface area contributed by atoms with Gasteiger partial charge in [0, 0.05) is 5.39 Å². The van der Waals surface area contributed by atoms with Crippen molar-refractivity contribution >= 4 is 29.1 Å². The standard InChI is InChI=1S/C19H24N4O4/c1-12(21-18(25)27-19(2,3)4)17(24)23-20-11-14-7-6-13-10-15(26-5)8-9-16(13)22-14/h6-12H,1-5H3,(H,21,25)(H,23,24). The first kappa shape index (κ1) is 20.2. The highest BCUT2D eigenvalue weighted by molar-refractivity contribution is 5.88. The minimum absolute atomic E-state index is 0.470. The van der Waals surface area contributed by atoms with Gasteiger partial charge in [0.2, 0.25) is 0 Å². The summed E-state index contributed by atoms with van der Waals surface area (Å²) < 4.78 is 10.3.